The zero-order chi connectivity index (χ0) is 8.48. The van der Waals surface area contributed by atoms with E-state index in [1.807, 2.05) is 0 Å². The van der Waals surface area contributed by atoms with E-state index in [1.165, 1.54) is 0 Å². The van der Waals surface area contributed by atoms with Gasteiger partial charge in [-0.2, -0.15) is 5.26 Å². The summed E-state index contributed by atoms with van der Waals surface area (Å²) in [6.45, 7) is 0.137. The Morgan fingerprint density at radius 2 is 2.36 bits per heavy atom. The van der Waals surface area contributed by atoms with Crippen LogP contribution in [0.3, 0.4) is 0 Å². The van der Waals surface area contributed by atoms with Crippen LogP contribution in [0.5, 0.6) is 0 Å². The molecule has 1 aliphatic heterocycles. The van der Waals surface area contributed by atoms with Gasteiger partial charge < -0.3 is 15.1 Å². The van der Waals surface area contributed by atoms with E-state index in [2.05, 4.69) is 0 Å². The van der Waals surface area contributed by atoms with Crippen LogP contribution >= 0.6 is 0 Å². The predicted octanol–water partition coefficient (Wildman–Crippen LogP) is -0.375. The maximum absolute atomic E-state index is 10.3. The molecule has 11 heavy (non-hydrogen) atoms. The highest BCUT2D eigenvalue weighted by atomic mass is 16.4. The first-order chi connectivity index (χ1) is 5.07. The van der Waals surface area contributed by atoms with Gasteiger partial charge in [0, 0.05) is 13.0 Å². The minimum absolute atomic E-state index is 0.0984. The Kier molecular flexibility index (Phi) is 1.71. The molecule has 1 unspecified atom stereocenters. The van der Waals surface area contributed by atoms with Gasteiger partial charge in [-0.1, -0.05) is 0 Å². The van der Waals surface area contributed by atoms with E-state index >= 15 is 0 Å². The predicted molar refractivity (Wildman–Crippen MR) is 34.8 cm³/mol. The van der Waals surface area contributed by atoms with Gasteiger partial charge in [0.1, 0.15) is 0 Å². The number of amides is 1. The van der Waals surface area contributed by atoms with Crippen molar-refractivity contribution in [2.45, 2.75) is 12.0 Å². The second kappa shape index (κ2) is 2.40. The molecule has 5 nitrogen and oxygen atoms in total. The van der Waals surface area contributed by atoms with Crippen LogP contribution in [0.4, 0.5) is 4.79 Å². The number of nitrogens with zero attached hydrogens (tertiary/aromatic N) is 2. The lowest BCUT2D eigenvalue weighted by Gasteiger charge is -2.12. The van der Waals surface area contributed by atoms with E-state index in [9.17, 15) is 9.90 Å². The Hall–Kier alpha value is -1.28. The summed E-state index contributed by atoms with van der Waals surface area (Å²) in [6.07, 6.45) is -0.883. The van der Waals surface area contributed by atoms with Crippen LogP contribution in [0.2, 0.25) is 0 Å². The minimum Gasteiger partial charge on any atom is -0.465 e. The minimum atomic E-state index is -1.46. The summed E-state index contributed by atoms with van der Waals surface area (Å²) >= 11 is 0. The summed E-state index contributed by atoms with van der Waals surface area (Å²) in [6, 6.07) is 1.68. The van der Waals surface area contributed by atoms with Gasteiger partial charge in [-0.3, -0.25) is 0 Å². The molecule has 1 fully saturated rings. The number of aliphatic hydroxyl groups is 1. The molecule has 0 saturated carbocycles. The number of carboxylic acid groups (broad SMARTS) is 1. The smallest absolute Gasteiger partial charge is 0.407 e. The highest BCUT2D eigenvalue weighted by molar-refractivity contribution is 5.65. The lowest BCUT2D eigenvalue weighted by atomic mass is 10.1. The molecule has 1 aliphatic rings. The lowest BCUT2D eigenvalue weighted by Crippen LogP contribution is -2.33. The highest BCUT2D eigenvalue weighted by Gasteiger charge is 2.38. The molecule has 0 radical (unpaired) electrons. The molecule has 60 valence electrons. The van der Waals surface area contributed by atoms with E-state index in [0.717, 1.165) is 4.90 Å². The second-order valence-electron chi connectivity index (χ2n) is 2.60. The third kappa shape index (κ3) is 1.41. The first-order valence-corrected chi connectivity index (χ1v) is 3.19. The van der Waals surface area contributed by atoms with Gasteiger partial charge in [-0.05, 0) is 0 Å². The normalized spacial score (nSPS) is 30.0. The topological polar surface area (TPSA) is 84.6 Å². The number of hydrogen-bond acceptors (Lipinski definition) is 3. The first kappa shape index (κ1) is 7.82. The molecule has 0 bridgehead atoms. The number of β-amino-alcohol motifs (C(OH)–C–C–N with tert-alkyl or cyclic N) is 1. The van der Waals surface area contributed by atoms with Crippen molar-refractivity contribution < 1.29 is 15.0 Å². The summed E-state index contributed by atoms with van der Waals surface area (Å²) in [7, 11) is 0. The molecule has 0 aliphatic carbocycles. The maximum Gasteiger partial charge on any atom is 0.407 e. The summed E-state index contributed by atoms with van der Waals surface area (Å²) in [4.78, 5) is 11.3. The van der Waals surface area contributed by atoms with Crippen LogP contribution in [-0.2, 0) is 0 Å². The Morgan fingerprint density at radius 3 is 2.64 bits per heavy atom. The fourth-order valence-electron chi connectivity index (χ4n) is 1.05. The van der Waals surface area contributed by atoms with Crippen molar-refractivity contribution in [1.82, 2.24) is 4.90 Å². The lowest BCUT2D eigenvalue weighted by molar-refractivity contribution is 0.100. The van der Waals surface area contributed by atoms with Crippen LogP contribution in [0.15, 0.2) is 0 Å². The Balaban J connectivity index is 2.62. The van der Waals surface area contributed by atoms with Crippen molar-refractivity contribution in [3.05, 3.63) is 0 Å². The van der Waals surface area contributed by atoms with E-state index < -0.39 is 11.7 Å². The molecule has 1 rings (SSSR count). The quantitative estimate of drug-likeness (QED) is 0.468. The molecule has 0 aromatic rings. The van der Waals surface area contributed by atoms with Gasteiger partial charge in [0.05, 0.1) is 12.6 Å². The molecular formula is C6H8N2O3. The Labute approximate surface area is 63.5 Å². The van der Waals surface area contributed by atoms with Crippen LogP contribution in [0, 0.1) is 11.3 Å². The van der Waals surface area contributed by atoms with Gasteiger partial charge in [-0.15, -0.1) is 0 Å². The maximum atomic E-state index is 10.3. The van der Waals surface area contributed by atoms with Crippen molar-refractivity contribution in [3.63, 3.8) is 0 Å². The third-order valence-corrected chi connectivity index (χ3v) is 1.73. The van der Waals surface area contributed by atoms with Crippen molar-refractivity contribution >= 4 is 6.09 Å². The molecule has 1 amide bonds. The van der Waals surface area contributed by atoms with Crippen molar-refractivity contribution in [2.75, 3.05) is 13.1 Å². The van der Waals surface area contributed by atoms with E-state index in [-0.39, 0.29) is 19.5 Å². The molecule has 1 heterocycles. The second-order valence-corrected chi connectivity index (χ2v) is 2.60. The molecular weight excluding hydrogens is 148 g/mol. The van der Waals surface area contributed by atoms with Gasteiger partial charge in [0.2, 0.25) is 0 Å². The SMILES string of the molecule is N#CC1(O)CCN(C(=O)O)C1. The molecule has 1 atom stereocenters. The van der Waals surface area contributed by atoms with Gasteiger partial charge in [-0.25, -0.2) is 4.79 Å². The van der Waals surface area contributed by atoms with E-state index in [0.29, 0.717) is 0 Å². The number of nitriles is 1. The molecule has 1 saturated heterocycles. The van der Waals surface area contributed by atoms with Crippen molar-refractivity contribution in [3.8, 4) is 6.07 Å². The molecule has 2 N–H and O–H groups in total. The first-order valence-electron chi connectivity index (χ1n) is 3.19. The highest BCUT2D eigenvalue weighted by Crippen LogP contribution is 2.19. The Morgan fingerprint density at radius 1 is 1.73 bits per heavy atom. The average Bonchev–Trinajstić information content (AvgIpc) is 2.33. The van der Waals surface area contributed by atoms with Gasteiger partial charge >= 0.3 is 6.09 Å². The fraction of sp³-hybridized carbons (Fsp3) is 0.667. The number of likely N-dealkylation sites (tertiary alicyclic amines) is 1. The molecule has 0 aromatic heterocycles. The van der Waals surface area contributed by atoms with E-state index in [4.69, 9.17) is 10.4 Å². The van der Waals surface area contributed by atoms with Crippen LogP contribution in [-0.4, -0.2) is 39.9 Å². The van der Waals surface area contributed by atoms with Crippen LogP contribution < -0.4 is 0 Å². The summed E-state index contributed by atoms with van der Waals surface area (Å²) < 4.78 is 0. The van der Waals surface area contributed by atoms with Gasteiger partial charge in [0.25, 0.3) is 0 Å². The summed E-state index contributed by atoms with van der Waals surface area (Å²) in [5, 5.41) is 26.1. The van der Waals surface area contributed by atoms with Crippen LogP contribution in [0.1, 0.15) is 6.42 Å². The monoisotopic (exact) mass is 156 g/mol. The number of rotatable bonds is 0. The fourth-order valence-corrected chi connectivity index (χ4v) is 1.05. The average molecular weight is 156 g/mol. The molecule has 0 aromatic carbocycles. The standard InChI is InChI=1S/C6H8N2O3/c7-3-6(11)1-2-8(4-6)5(9)10/h11H,1-2,4H2,(H,9,10). The zero-order valence-electron chi connectivity index (χ0n) is 5.82. The Bertz CT molecular complexity index is 222. The largest absolute Gasteiger partial charge is 0.465 e. The van der Waals surface area contributed by atoms with Crippen LogP contribution in [0.25, 0.3) is 0 Å². The summed E-state index contributed by atoms with van der Waals surface area (Å²) in [5.41, 5.74) is -1.46. The molecule has 5 heteroatoms. The van der Waals surface area contributed by atoms with Crippen molar-refractivity contribution in [2.24, 2.45) is 0 Å². The number of carbonyl (C=O) groups is 1. The van der Waals surface area contributed by atoms with E-state index in [1.54, 1.807) is 6.07 Å². The third-order valence-electron chi connectivity index (χ3n) is 1.73. The van der Waals surface area contributed by atoms with Gasteiger partial charge in [0.15, 0.2) is 5.60 Å². The zero-order valence-corrected chi connectivity index (χ0v) is 5.82. The molecule has 0 spiro atoms. The number of hydrogen-bond donors (Lipinski definition) is 2. The van der Waals surface area contributed by atoms with Crippen molar-refractivity contribution in [1.29, 1.82) is 5.26 Å². The summed E-state index contributed by atoms with van der Waals surface area (Å²) in [5.74, 6) is 0.